The molecule has 2 amide bonds. The Morgan fingerprint density at radius 1 is 1.24 bits per heavy atom. The molecule has 0 fully saturated rings. The van der Waals surface area contributed by atoms with Gasteiger partial charge in [0.05, 0.1) is 13.3 Å². The van der Waals surface area contributed by atoms with E-state index in [2.05, 4.69) is 31.8 Å². The van der Waals surface area contributed by atoms with Crippen LogP contribution >= 0.6 is 27.5 Å². The van der Waals surface area contributed by atoms with Crippen LogP contribution < -0.4 is 15.5 Å². The molecule has 2 rings (SSSR count). The number of carbonyl (C=O) groups is 2. The molecule has 130 valence electrons. The van der Waals surface area contributed by atoms with Crippen molar-refractivity contribution in [1.29, 1.82) is 0 Å². The molecule has 0 saturated carbocycles. The van der Waals surface area contributed by atoms with Crippen LogP contribution in [0.2, 0.25) is 5.02 Å². The lowest BCUT2D eigenvalue weighted by Gasteiger charge is -2.06. The highest BCUT2D eigenvalue weighted by molar-refractivity contribution is 9.10. The minimum atomic E-state index is -0.535. The standard InChI is InChI=1S/C17H15BrClN3O3/c1-25-15-7-12(18)6-5-11(15)10-20-22-17(24)9-16(23)21-14-4-2-3-13(19)8-14/h2-8,10H,9H2,1H3,(H,21,23)(H,22,24)/b20-10-. The van der Waals surface area contributed by atoms with Crippen LogP contribution in [0.3, 0.4) is 0 Å². The molecule has 8 heteroatoms. The number of carbonyl (C=O) groups excluding carboxylic acids is 2. The van der Waals surface area contributed by atoms with Crippen LogP contribution in [0.15, 0.2) is 52.0 Å². The van der Waals surface area contributed by atoms with Crippen LogP contribution in [0.1, 0.15) is 12.0 Å². The molecule has 2 aromatic rings. The number of nitrogens with one attached hydrogen (secondary N) is 2. The largest absolute Gasteiger partial charge is 0.496 e. The van der Waals surface area contributed by atoms with Crippen molar-refractivity contribution in [1.82, 2.24) is 5.43 Å². The van der Waals surface area contributed by atoms with E-state index >= 15 is 0 Å². The molecular weight excluding hydrogens is 410 g/mol. The molecule has 0 aliphatic carbocycles. The van der Waals surface area contributed by atoms with Crippen molar-refractivity contribution in [3.05, 3.63) is 57.5 Å². The van der Waals surface area contributed by atoms with Gasteiger partial charge < -0.3 is 10.1 Å². The van der Waals surface area contributed by atoms with Gasteiger partial charge >= 0.3 is 0 Å². The van der Waals surface area contributed by atoms with E-state index in [4.69, 9.17) is 16.3 Å². The summed E-state index contributed by atoms with van der Waals surface area (Å²) < 4.78 is 6.08. The van der Waals surface area contributed by atoms with Crippen molar-refractivity contribution in [2.24, 2.45) is 5.10 Å². The molecule has 0 atom stereocenters. The first-order valence-corrected chi connectivity index (χ1v) is 8.36. The van der Waals surface area contributed by atoms with E-state index in [-0.39, 0.29) is 6.42 Å². The highest BCUT2D eigenvalue weighted by Gasteiger charge is 2.09. The van der Waals surface area contributed by atoms with Crippen molar-refractivity contribution in [3.63, 3.8) is 0 Å². The summed E-state index contributed by atoms with van der Waals surface area (Å²) in [6.07, 6.45) is 1.08. The Balaban J connectivity index is 1.87. The molecule has 0 radical (unpaired) electrons. The molecule has 0 bridgehead atoms. The van der Waals surface area contributed by atoms with Crippen LogP contribution in [0.5, 0.6) is 5.75 Å². The van der Waals surface area contributed by atoms with Crippen molar-refractivity contribution in [3.8, 4) is 5.75 Å². The average Bonchev–Trinajstić information content (AvgIpc) is 2.55. The molecule has 0 spiro atoms. The van der Waals surface area contributed by atoms with Gasteiger partial charge in [-0.3, -0.25) is 9.59 Å². The lowest BCUT2D eigenvalue weighted by atomic mass is 10.2. The monoisotopic (exact) mass is 423 g/mol. The molecule has 25 heavy (non-hydrogen) atoms. The maximum absolute atomic E-state index is 11.8. The van der Waals surface area contributed by atoms with Gasteiger partial charge in [0.1, 0.15) is 12.2 Å². The number of hydrogen-bond donors (Lipinski definition) is 2. The summed E-state index contributed by atoms with van der Waals surface area (Å²) >= 11 is 9.17. The topological polar surface area (TPSA) is 79.8 Å². The number of halogens is 2. The minimum absolute atomic E-state index is 0.360. The third kappa shape index (κ3) is 6.21. The predicted molar refractivity (Wildman–Crippen MR) is 101 cm³/mol. The van der Waals surface area contributed by atoms with Gasteiger partial charge in [0, 0.05) is 20.7 Å². The van der Waals surface area contributed by atoms with E-state index in [1.54, 1.807) is 36.4 Å². The molecule has 2 aromatic carbocycles. The average molecular weight is 425 g/mol. The first-order chi connectivity index (χ1) is 12.0. The molecule has 0 saturated heterocycles. The van der Waals surface area contributed by atoms with Gasteiger partial charge in [-0.15, -0.1) is 0 Å². The number of ether oxygens (including phenoxy) is 1. The second-order valence-corrected chi connectivity index (χ2v) is 6.27. The maximum Gasteiger partial charge on any atom is 0.249 e. The van der Waals surface area contributed by atoms with Crippen molar-refractivity contribution in [2.45, 2.75) is 6.42 Å². The third-order valence-corrected chi connectivity index (χ3v) is 3.75. The second kappa shape index (κ2) is 9.19. The molecular formula is C17H15BrClN3O3. The minimum Gasteiger partial charge on any atom is -0.496 e. The first kappa shape index (κ1) is 19.0. The number of hydrazone groups is 1. The molecule has 0 heterocycles. The number of hydrogen-bond acceptors (Lipinski definition) is 4. The summed E-state index contributed by atoms with van der Waals surface area (Å²) in [6, 6.07) is 12.0. The number of amides is 2. The number of methoxy groups -OCH3 is 1. The Hall–Kier alpha value is -2.38. The normalized spacial score (nSPS) is 10.5. The SMILES string of the molecule is COc1cc(Br)ccc1/C=N\NC(=O)CC(=O)Nc1cccc(Cl)c1. The summed E-state index contributed by atoms with van der Waals surface area (Å²) in [4.78, 5) is 23.6. The predicted octanol–water partition coefficient (Wildman–Crippen LogP) is 3.59. The van der Waals surface area contributed by atoms with Crippen LogP contribution in [0, 0.1) is 0 Å². The first-order valence-electron chi connectivity index (χ1n) is 7.19. The molecule has 0 aliphatic rings. The summed E-state index contributed by atoms with van der Waals surface area (Å²) in [5.74, 6) is -0.394. The van der Waals surface area contributed by atoms with Crippen molar-refractivity contribution < 1.29 is 14.3 Å². The smallest absolute Gasteiger partial charge is 0.249 e. The Morgan fingerprint density at radius 2 is 2.04 bits per heavy atom. The third-order valence-electron chi connectivity index (χ3n) is 3.02. The van der Waals surface area contributed by atoms with E-state index in [1.807, 2.05) is 6.07 Å². The van der Waals surface area contributed by atoms with Gasteiger partial charge in [-0.05, 0) is 36.4 Å². The zero-order valence-corrected chi connectivity index (χ0v) is 15.6. The van der Waals surface area contributed by atoms with Crippen LogP contribution in [-0.4, -0.2) is 25.1 Å². The van der Waals surface area contributed by atoms with Gasteiger partial charge in [-0.2, -0.15) is 5.10 Å². The Labute approximate surface area is 158 Å². The molecule has 0 aromatic heterocycles. The highest BCUT2D eigenvalue weighted by atomic mass is 79.9. The van der Waals surface area contributed by atoms with E-state index in [0.29, 0.717) is 22.0 Å². The van der Waals surface area contributed by atoms with Gasteiger partial charge in [-0.25, -0.2) is 5.43 Å². The number of nitrogens with zero attached hydrogens (tertiary/aromatic N) is 1. The van der Waals surface area contributed by atoms with Gasteiger partial charge in [0.25, 0.3) is 0 Å². The van der Waals surface area contributed by atoms with E-state index in [1.165, 1.54) is 13.3 Å². The fourth-order valence-electron chi connectivity index (χ4n) is 1.92. The van der Waals surface area contributed by atoms with Crippen LogP contribution in [-0.2, 0) is 9.59 Å². The number of anilines is 1. The number of rotatable bonds is 6. The van der Waals surface area contributed by atoms with E-state index < -0.39 is 11.8 Å². The summed E-state index contributed by atoms with van der Waals surface area (Å²) in [6.45, 7) is 0. The van der Waals surface area contributed by atoms with Gasteiger partial charge in [-0.1, -0.05) is 33.6 Å². The zero-order chi connectivity index (χ0) is 18.2. The molecule has 2 N–H and O–H groups in total. The fraction of sp³-hybridized carbons (Fsp3) is 0.118. The van der Waals surface area contributed by atoms with Crippen molar-refractivity contribution in [2.75, 3.05) is 12.4 Å². The lowest BCUT2D eigenvalue weighted by Crippen LogP contribution is -2.24. The summed E-state index contributed by atoms with van der Waals surface area (Å²) in [7, 11) is 1.54. The zero-order valence-electron chi connectivity index (χ0n) is 13.3. The molecule has 0 unspecified atom stereocenters. The summed E-state index contributed by atoms with van der Waals surface area (Å²) in [5, 5.41) is 6.91. The second-order valence-electron chi connectivity index (χ2n) is 4.91. The Kier molecular flexibility index (Phi) is 6.97. The fourth-order valence-corrected chi connectivity index (χ4v) is 2.45. The van der Waals surface area contributed by atoms with E-state index in [0.717, 1.165) is 4.47 Å². The lowest BCUT2D eigenvalue weighted by molar-refractivity contribution is -0.126. The maximum atomic E-state index is 11.8. The molecule has 6 nitrogen and oxygen atoms in total. The Morgan fingerprint density at radius 3 is 2.76 bits per heavy atom. The van der Waals surface area contributed by atoms with Gasteiger partial charge in [0.15, 0.2) is 0 Å². The van der Waals surface area contributed by atoms with E-state index in [9.17, 15) is 9.59 Å². The quantitative estimate of drug-likeness (QED) is 0.422. The number of benzene rings is 2. The Bertz CT molecular complexity index is 811. The van der Waals surface area contributed by atoms with Gasteiger partial charge in [0.2, 0.25) is 11.8 Å². The van der Waals surface area contributed by atoms with Crippen LogP contribution in [0.25, 0.3) is 0 Å². The summed E-state index contributed by atoms with van der Waals surface area (Å²) in [5.41, 5.74) is 3.51. The van der Waals surface area contributed by atoms with Crippen molar-refractivity contribution >= 4 is 51.2 Å². The highest BCUT2D eigenvalue weighted by Crippen LogP contribution is 2.21. The molecule has 0 aliphatic heterocycles. The van der Waals surface area contributed by atoms with Crippen LogP contribution in [0.4, 0.5) is 5.69 Å².